The summed E-state index contributed by atoms with van der Waals surface area (Å²) < 4.78 is 12.3. The molecule has 5 rings (SSSR count). The highest BCUT2D eigenvalue weighted by molar-refractivity contribution is 8.18. The summed E-state index contributed by atoms with van der Waals surface area (Å²) in [7, 11) is 0. The SMILES string of the molecule is O=C1N=C(N2CCN(CCO)CC2)S/C1=C\c1ccc(OCc2ccccc2)c(OCc2ccccc2)c1. The van der Waals surface area contributed by atoms with Gasteiger partial charge in [-0.25, -0.2) is 0 Å². The maximum atomic E-state index is 12.7. The number of thioether (sulfide) groups is 1. The van der Waals surface area contributed by atoms with Gasteiger partial charge in [0.1, 0.15) is 13.2 Å². The van der Waals surface area contributed by atoms with Crippen LogP contribution in [0.3, 0.4) is 0 Å². The lowest BCUT2D eigenvalue weighted by atomic mass is 10.1. The molecule has 0 unspecified atom stereocenters. The van der Waals surface area contributed by atoms with Crippen molar-refractivity contribution in [1.82, 2.24) is 9.80 Å². The Labute approximate surface area is 227 Å². The molecule has 3 aromatic carbocycles. The minimum atomic E-state index is -0.223. The van der Waals surface area contributed by atoms with E-state index in [-0.39, 0.29) is 12.5 Å². The van der Waals surface area contributed by atoms with Gasteiger partial charge in [0, 0.05) is 32.7 Å². The third kappa shape index (κ3) is 6.83. The number of β-amino-alcohol motifs (C(OH)–C–C–N with tert-alkyl or cyclic N) is 1. The Morgan fingerprint density at radius 1 is 0.842 bits per heavy atom. The minimum Gasteiger partial charge on any atom is -0.485 e. The molecule has 2 heterocycles. The number of amides is 1. The second-order valence-corrected chi connectivity index (χ2v) is 10.1. The summed E-state index contributed by atoms with van der Waals surface area (Å²) >= 11 is 1.41. The van der Waals surface area contributed by atoms with Crippen molar-refractivity contribution >= 4 is 28.9 Å². The third-order valence-corrected chi connectivity index (χ3v) is 7.45. The summed E-state index contributed by atoms with van der Waals surface area (Å²) in [6, 6.07) is 25.7. The average Bonchev–Trinajstić information content (AvgIpc) is 3.32. The summed E-state index contributed by atoms with van der Waals surface area (Å²) in [6.07, 6.45) is 1.86. The van der Waals surface area contributed by atoms with Gasteiger partial charge in [0.2, 0.25) is 0 Å². The molecule has 2 aliphatic rings. The van der Waals surface area contributed by atoms with Crippen LogP contribution in [0, 0.1) is 0 Å². The number of rotatable bonds is 9. The number of ether oxygens (including phenoxy) is 2. The van der Waals surface area contributed by atoms with E-state index in [2.05, 4.69) is 14.8 Å². The first-order valence-corrected chi connectivity index (χ1v) is 13.6. The quantitative estimate of drug-likeness (QED) is 0.411. The maximum absolute atomic E-state index is 12.7. The molecular weight excluding hydrogens is 498 g/mol. The number of aliphatic hydroxyl groups excluding tert-OH is 1. The molecule has 196 valence electrons. The van der Waals surface area contributed by atoms with Crippen LogP contribution in [-0.4, -0.2) is 65.3 Å². The molecule has 38 heavy (non-hydrogen) atoms. The van der Waals surface area contributed by atoms with Crippen LogP contribution in [0.5, 0.6) is 11.5 Å². The summed E-state index contributed by atoms with van der Waals surface area (Å²) in [5, 5.41) is 9.91. The van der Waals surface area contributed by atoms with Crippen LogP contribution in [-0.2, 0) is 18.0 Å². The number of benzene rings is 3. The number of piperazine rings is 1. The van der Waals surface area contributed by atoms with E-state index in [1.165, 1.54) is 11.8 Å². The van der Waals surface area contributed by atoms with Crippen molar-refractivity contribution in [3.63, 3.8) is 0 Å². The highest BCUT2D eigenvalue weighted by Gasteiger charge is 2.28. The number of carbonyl (C=O) groups is 1. The zero-order chi connectivity index (χ0) is 26.2. The topological polar surface area (TPSA) is 74.6 Å². The standard InChI is InChI=1S/C30H31N3O4S/c34-18-17-32-13-15-33(16-14-32)30-31-29(35)28(38-30)20-25-11-12-26(36-21-23-7-3-1-4-8-23)27(19-25)37-22-24-9-5-2-6-10-24/h1-12,19-20,34H,13-18,21-22H2/b28-20-. The van der Waals surface area contributed by atoms with E-state index >= 15 is 0 Å². The zero-order valence-corrected chi connectivity index (χ0v) is 22.0. The van der Waals surface area contributed by atoms with E-state index in [0.717, 1.165) is 48.0 Å². The van der Waals surface area contributed by atoms with Gasteiger partial charge in [-0.2, -0.15) is 4.99 Å². The molecule has 1 fully saturated rings. The van der Waals surface area contributed by atoms with E-state index in [1.54, 1.807) is 0 Å². The summed E-state index contributed by atoms with van der Waals surface area (Å²) in [5.41, 5.74) is 2.98. The number of aliphatic imine (C=N–C) groups is 1. The molecule has 0 aromatic heterocycles. The highest BCUT2D eigenvalue weighted by atomic mass is 32.2. The van der Waals surface area contributed by atoms with Crippen LogP contribution >= 0.6 is 11.8 Å². The van der Waals surface area contributed by atoms with Crippen LogP contribution < -0.4 is 9.47 Å². The predicted octanol–water partition coefficient (Wildman–Crippen LogP) is 4.42. The van der Waals surface area contributed by atoms with Crippen molar-refractivity contribution in [3.05, 3.63) is 100 Å². The second kappa shape index (κ2) is 12.8. The molecular formula is C30H31N3O4S. The van der Waals surface area contributed by atoms with Gasteiger partial charge >= 0.3 is 0 Å². The number of hydrogen-bond acceptors (Lipinski definition) is 7. The molecule has 0 bridgehead atoms. The van der Waals surface area contributed by atoms with Gasteiger partial charge in [0.15, 0.2) is 16.7 Å². The van der Waals surface area contributed by atoms with Gasteiger partial charge in [-0.3, -0.25) is 9.69 Å². The largest absolute Gasteiger partial charge is 0.485 e. The minimum absolute atomic E-state index is 0.161. The summed E-state index contributed by atoms with van der Waals surface area (Å²) in [5.74, 6) is 1.05. The maximum Gasteiger partial charge on any atom is 0.286 e. The van der Waals surface area contributed by atoms with Crippen molar-refractivity contribution in [2.75, 3.05) is 39.3 Å². The third-order valence-electron chi connectivity index (χ3n) is 6.41. The van der Waals surface area contributed by atoms with Crippen molar-refractivity contribution in [1.29, 1.82) is 0 Å². The van der Waals surface area contributed by atoms with Gasteiger partial charge in [-0.15, -0.1) is 0 Å². The first-order chi connectivity index (χ1) is 18.7. The van der Waals surface area contributed by atoms with Crippen molar-refractivity contribution in [3.8, 4) is 11.5 Å². The predicted molar refractivity (Wildman–Crippen MR) is 151 cm³/mol. The molecule has 1 saturated heterocycles. The number of aliphatic hydroxyl groups is 1. The van der Waals surface area contributed by atoms with Gasteiger partial charge in [0.05, 0.1) is 11.5 Å². The van der Waals surface area contributed by atoms with Gasteiger partial charge in [0.25, 0.3) is 5.91 Å². The van der Waals surface area contributed by atoms with E-state index in [0.29, 0.717) is 36.2 Å². The average molecular weight is 530 g/mol. The van der Waals surface area contributed by atoms with Gasteiger partial charge < -0.3 is 19.5 Å². The number of amidine groups is 1. The molecule has 1 N–H and O–H groups in total. The van der Waals surface area contributed by atoms with Crippen molar-refractivity contribution in [2.45, 2.75) is 13.2 Å². The molecule has 7 nitrogen and oxygen atoms in total. The monoisotopic (exact) mass is 529 g/mol. The van der Waals surface area contributed by atoms with E-state index in [1.807, 2.05) is 84.9 Å². The Morgan fingerprint density at radius 2 is 1.47 bits per heavy atom. The van der Waals surface area contributed by atoms with Crippen molar-refractivity contribution < 1.29 is 19.4 Å². The molecule has 8 heteroatoms. The number of carbonyl (C=O) groups excluding carboxylic acids is 1. The van der Waals surface area contributed by atoms with Crippen LogP contribution in [0.15, 0.2) is 88.8 Å². The molecule has 0 radical (unpaired) electrons. The smallest absolute Gasteiger partial charge is 0.286 e. The molecule has 0 atom stereocenters. The normalized spacial score (nSPS) is 17.1. The number of nitrogens with zero attached hydrogens (tertiary/aromatic N) is 3. The molecule has 0 spiro atoms. The Bertz CT molecular complexity index is 1290. The van der Waals surface area contributed by atoms with E-state index < -0.39 is 0 Å². The fourth-order valence-corrected chi connectivity index (χ4v) is 5.27. The van der Waals surface area contributed by atoms with Crippen LogP contribution in [0.1, 0.15) is 16.7 Å². The molecule has 1 amide bonds. The summed E-state index contributed by atoms with van der Waals surface area (Å²) in [6.45, 7) is 4.95. The number of hydrogen-bond donors (Lipinski definition) is 1. The second-order valence-electron chi connectivity index (χ2n) is 9.12. The molecule has 0 aliphatic carbocycles. The Kier molecular flexibility index (Phi) is 8.75. The zero-order valence-electron chi connectivity index (χ0n) is 21.2. The van der Waals surface area contributed by atoms with E-state index in [9.17, 15) is 4.79 Å². The van der Waals surface area contributed by atoms with Gasteiger partial charge in [-0.05, 0) is 46.7 Å². The van der Waals surface area contributed by atoms with Crippen LogP contribution in [0.25, 0.3) is 6.08 Å². The van der Waals surface area contributed by atoms with E-state index in [4.69, 9.17) is 14.6 Å². The Balaban J connectivity index is 1.29. The molecule has 2 aliphatic heterocycles. The lowest BCUT2D eigenvalue weighted by molar-refractivity contribution is -0.113. The molecule has 3 aromatic rings. The lowest BCUT2D eigenvalue weighted by Gasteiger charge is -2.34. The lowest BCUT2D eigenvalue weighted by Crippen LogP contribution is -2.48. The fraction of sp³-hybridized carbons (Fsp3) is 0.267. The Hall–Kier alpha value is -3.59. The van der Waals surface area contributed by atoms with Gasteiger partial charge in [-0.1, -0.05) is 66.7 Å². The fourth-order valence-electron chi connectivity index (χ4n) is 4.31. The molecule has 0 saturated carbocycles. The Morgan fingerprint density at radius 3 is 2.11 bits per heavy atom. The highest BCUT2D eigenvalue weighted by Crippen LogP contribution is 2.34. The van der Waals surface area contributed by atoms with Crippen LogP contribution in [0.2, 0.25) is 0 Å². The first-order valence-electron chi connectivity index (χ1n) is 12.8. The summed E-state index contributed by atoms with van der Waals surface area (Å²) in [4.78, 5) is 22.0. The van der Waals surface area contributed by atoms with Crippen LogP contribution in [0.4, 0.5) is 0 Å². The first kappa shape index (κ1) is 26.0. The van der Waals surface area contributed by atoms with Crippen molar-refractivity contribution in [2.24, 2.45) is 4.99 Å².